The fourth-order valence-corrected chi connectivity index (χ4v) is 2.18. The SMILES string of the molecule is CC[C@@H](C)c1nc(N)cnc1C.CC[C@H](C)c1nc(N)cnc1C#N. The van der Waals surface area contributed by atoms with Crippen LogP contribution in [0, 0.1) is 18.3 Å². The highest BCUT2D eigenvalue weighted by molar-refractivity contribution is 5.35. The third kappa shape index (κ3) is 5.68. The number of hydrogen-bond acceptors (Lipinski definition) is 7. The third-order valence-corrected chi connectivity index (χ3v) is 4.09. The Kier molecular flexibility index (Phi) is 7.73. The number of aryl methyl sites for hydroxylation is 1. The van der Waals surface area contributed by atoms with Gasteiger partial charge in [-0.2, -0.15) is 5.26 Å². The second-order valence-corrected chi connectivity index (χ2v) is 6.02. The van der Waals surface area contributed by atoms with Crippen LogP contribution in [-0.2, 0) is 0 Å². The molecule has 25 heavy (non-hydrogen) atoms. The van der Waals surface area contributed by atoms with Gasteiger partial charge in [-0.05, 0) is 19.8 Å². The van der Waals surface area contributed by atoms with Gasteiger partial charge in [-0.25, -0.2) is 15.0 Å². The zero-order valence-corrected chi connectivity index (χ0v) is 15.6. The predicted octanol–water partition coefficient (Wildman–Crippen LogP) is 3.32. The van der Waals surface area contributed by atoms with Crippen LogP contribution in [-0.4, -0.2) is 19.9 Å². The molecule has 0 unspecified atom stereocenters. The van der Waals surface area contributed by atoms with E-state index >= 15 is 0 Å². The molecule has 4 N–H and O–H groups in total. The number of hydrogen-bond donors (Lipinski definition) is 2. The van der Waals surface area contributed by atoms with Crippen LogP contribution in [0.2, 0.25) is 0 Å². The maximum absolute atomic E-state index is 8.76. The molecule has 0 amide bonds. The number of nitrogens with two attached hydrogens (primary N) is 2. The molecule has 0 spiro atoms. The van der Waals surface area contributed by atoms with Crippen molar-refractivity contribution in [2.75, 3.05) is 11.5 Å². The van der Waals surface area contributed by atoms with Crippen molar-refractivity contribution in [1.82, 2.24) is 19.9 Å². The molecule has 7 heteroatoms. The molecule has 2 atom stereocenters. The summed E-state index contributed by atoms with van der Waals surface area (Å²) >= 11 is 0. The summed E-state index contributed by atoms with van der Waals surface area (Å²) in [5.74, 6) is 1.55. The third-order valence-electron chi connectivity index (χ3n) is 4.09. The molecule has 0 aliphatic heterocycles. The first-order valence-electron chi connectivity index (χ1n) is 8.45. The van der Waals surface area contributed by atoms with E-state index in [0.29, 0.717) is 28.9 Å². The van der Waals surface area contributed by atoms with Gasteiger partial charge in [0.1, 0.15) is 17.7 Å². The van der Waals surface area contributed by atoms with Crippen molar-refractivity contribution >= 4 is 11.6 Å². The lowest BCUT2D eigenvalue weighted by Crippen LogP contribution is -2.04. The van der Waals surface area contributed by atoms with Gasteiger partial charge in [-0.1, -0.05) is 27.7 Å². The van der Waals surface area contributed by atoms with Crippen molar-refractivity contribution < 1.29 is 0 Å². The fourth-order valence-electron chi connectivity index (χ4n) is 2.18. The summed E-state index contributed by atoms with van der Waals surface area (Å²) in [5, 5.41) is 8.76. The molecule has 7 nitrogen and oxygen atoms in total. The molecule has 0 aliphatic carbocycles. The largest absolute Gasteiger partial charge is 0.382 e. The minimum atomic E-state index is 0.227. The Morgan fingerprint density at radius 3 is 1.96 bits per heavy atom. The van der Waals surface area contributed by atoms with E-state index in [9.17, 15) is 0 Å². The fraction of sp³-hybridized carbons (Fsp3) is 0.500. The van der Waals surface area contributed by atoms with Crippen molar-refractivity contribution in [3.05, 3.63) is 35.2 Å². The minimum Gasteiger partial charge on any atom is -0.382 e. The lowest BCUT2D eigenvalue weighted by molar-refractivity contribution is 0.696. The van der Waals surface area contributed by atoms with Gasteiger partial charge in [0.2, 0.25) is 0 Å². The molecule has 0 aliphatic rings. The van der Waals surface area contributed by atoms with Crippen LogP contribution in [0.4, 0.5) is 11.6 Å². The lowest BCUT2D eigenvalue weighted by atomic mass is 10.0. The number of nitriles is 1. The molecule has 0 saturated heterocycles. The summed E-state index contributed by atoms with van der Waals surface area (Å²) in [5.41, 5.74) is 14.1. The van der Waals surface area contributed by atoms with Crippen molar-refractivity contribution in [2.45, 2.75) is 59.3 Å². The Morgan fingerprint density at radius 2 is 1.44 bits per heavy atom. The average molecular weight is 341 g/mol. The summed E-state index contributed by atoms with van der Waals surface area (Å²) in [7, 11) is 0. The van der Waals surface area contributed by atoms with Crippen LogP contribution in [0.5, 0.6) is 0 Å². The van der Waals surface area contributed by atoms with E-state index in [-0.39, 0.29) is 5.92 Å². The minimum absolute atomic E-state index is 0.227. The van der Waals surface area contributed by atoms with E-state index in [1.165, 1.54) is 6.20 Å². The van der Waals surface area contributed by atoms with Crippen LogP contribution >= 0.6 is 0 Å². The molecule has 2 heterocycles. The molecular formula is C18H27N7. The highest BCUT2D eigenvalue weighted by Crippen LogP contribution is 2.20. The zero-order valence-electron chi connectivity index (χ0n) is 15.6. The van der Waals surface area contributed by atoms with Crippen molar-refractivity contribution in [2.24, 2.45) is 0 Å². The molecule has 2 rings (SSSR count). The number of nitrogen functional groups attached to an aromatic ring is 2. The summed E-state index contributed by atoms with van der Waals surface area (Å²) in [6.07, 6.45) is 5.00. The first kappa shape index (κ1) is 20.3. The summed E-state index contributed by atoms with van der Waals surface area (Å²) in [6.45, 7) is 10.3. The van der Waals surface area contributed by atoms with Gasteiger partial charge in [0.15, 0.2) is 5.69 Å². The normalized spacial score (nSPS) is 12.5. The Balaban J connectivity index is 0.000000251. The Bertz CT molecular complexity index is 737. The van der Waals surface area contributed by atoms with E-state index in [1.54, 1.807) is 6.20 Å². The molecule has 0 radical (unpaired) electrons. The van der Waals surface area contributed by atoms with Crippen molar-refractivity contribution in [1.29, 1.82) is 5.26 Å². The molecule has 0 fully saturated rings. The van der Waals surface area contributed by atoms with E-state index in [2.05, 4.69) is 33.8 Å². The Labute approximate surface area is 149 Å². The van der Waals surface area contributed by atoms with Crippen molar-refractivity contribution in [3.63, 3.8) is 0 Å². The molecule has 134 valence electrons. The maximum atomic E-state index is 8.76. The molecular weight excluding hydrogens is 314 g/mol. The summed E-state index contributed by atoms with van der Waals surface area (Å²) < 4.78 is 0. The monoisotopic (exact) mass is 341 g/mol. The van der Waals surface area contributed by atoms with Crippen LogP contribution < -0.4 is 11.5 Å². The highest BCUT2D eigenvalue weighted by atomic mass is 14.9. The maximum Gasteiger partial charge on any atom is 0.162 e. The van der Waals surface area contributed by atoms with Gasteiger partial charge in [0.25, 0.3) is 0 Å². The van der Waals surface area contributed by atoms with Crippen molar-refractivity contribution in [3.8, 4) is 6.07 Å². The summed E-state index contributed by atoms with van der Waals surface area (Å²) in [6, 6.07) is 2.01. The van der Waals surface area contributed by atoms with Crippen LogP contribution in [0.25, 0.3) is 0 Å². The topological polar surface area (TPSA) is 127 Å². The van der Waals surface area contributed by atoms with Gasteiger partial charge in [-0.15, -0.1) is 0 Å². The van der Waals surface area contributed by atoms with Gasteiger partial charge >= 0.3 is 0 Å². The lowest BCUT2D eigenvalue weighted by Gasteiger charge is -2.10. The average Bonchev–Trinajstić information content (AvgIpc) is 2.62. The van der Waals surface area contributed by atoms with Crippen LogP contribution in [0.1, 0.15) is 75.1 Å². The van der Waals surface area contributed by atoms with E-state index < -0.39 is 0 Å². The number of aromatic nitrogens is 4. The molecule has 0 saturated carbocycles. The van der Waals surface area contributed by atoms with Gasteiger partial charge in [0.05, 0.1) is 29.5 Å². The van der Waals surface area contributed by atoms with Crippen LogP contribution in [0.15, 0.2) is 12.4 Å². The molecule has 2 aromatic heterocycles. The Morgan fingerprint density at radius 1 is 0.960 bits per heavy atom. The van der Waals surface area contributed by atoms with Crippen LogP contribution in [0.3, 0.4) is 0 Å². The van der Waals surface area contributed by atoms with Gasteiger partial charge < -0.3 is 11.5 Å². The standard InChI is InChI=1S/C9H12N4.C9H15N3/c1-3-6(2)9-7(4-10)12-5-8(11)13-9;1-4-6(2)9-7(3)11-5-8(10)12-9/h5-6H,3H2,1-2H3,(H2,11,13);5-6H,4H2,1-3H3,(H2,10,12)/t2*6-/m01/s1. The number of nitrogens with zero attached hydrogens (tertiary/aromatic N) is 5. The van der Waals surface area contributed by atoms with Gasteiger partial charge in [0, 0.05) is 11.8 Å². The molecule has 0 bridgehead atoms. The zero-order chi connectivity index (χ0) is 19.0. The van der Waals surface area contributed by atoms with Gasteiger partial charge in [-0.3, -0.25) is 4.98 Å². The quantitative estimate of drug-likeness (QED) is 0.872. The molecule has 2 aromatic rings. The second-order valence-electron chi connectivity index (χ2n) is 6.02. The van der Waals surface area contributed by atoms with E-state index in [4.69, 9.17) is 16.7 Å². The molecule has 0 aromatic carbocycles. The predicted molar refractivity (Wildman–Crippen MR) is 99.8 cm³/mol. The second kappa shape index (κ2) is 9.52. The number of anilines is 2. The Hall–Kier alpha value is -2.75. The first-order chi connectivity index (χ1) is 11.8. The van der Waals surface area contributed by atoms with E-state index in [1.807, 2.05) is 26.8 Å². The smallest absolute Gasteiger partial charge is 0.162 e. The summed E-state index contributed by atoms with van der Waals surface area (Å²) in [4.78, 5) is 16.4. The van der Waals surface area contributed by atoms with E-state index in [0.717, 1.165) is 24.2 Å². The first-order valence-corrected chi connectivity index (χ1v) is 8.45. The highest BCUT2D eigenvalue weighted by Gasteiger charge is 2.12. The number of rotatable bonds is 4.